The molecule has 0 spiro atoms. The van der Waals surface area contributed by atoms with Gasteiger partial charge >= 0.3 is 5.97 Å². The molecule has 0 saturated carbocycles. The van der Waals surface area contributed by atoms with E-state index in [4.69, 9.17) is 46.4 Å². The first-order valence-corrected chi connectivity index (χ1v) is 4.95. The van der Waals surface area contributed by atoms with Crippen LogP contribution in [0, 0.1) is 0 Å². The quantitative estimate of drug-likeness (QED) is 0.438. The van der Waals surface area contributed by atoms with Crippen molar-refractivity contribution >= 4 is 52.4 Å². The SMILES string of the molecule is O=C(OCCCCCl)C(Cl)(Cl)Cl. The van der Waals surface area contributed by atoms with Crippen molar-refractivity contribution < 1.29 is 9.53 Å². The summed E-state index contributed by atoms with van der Waals surface area (Å²) < 4.78 is 2.64. The molecule has 12 heavy (non-hydrogen) atoms. The van der Waals surface area contributed by atoms with Crippen LogP contribution in [0.5, 0.6) is 0 Å². The molecule has 0 aromatic rings. The second-order valence-corrected chi connectivity index (χ2v) is 4.69. The molecule has 6 heteroatoms. The lowest BCUT2D eigenvalue weighted by Crippen LogP contribution is -2.22. The molecular weight excluding hydrogens is 246 g/mol. The van der Waals surface area contributed by atoms with Crippen molar-refractivity contribution in [3.63, 3.8) is 0 Å². The molecule has 0 aromatic carbocycles. The van der Waals surface area contributed by atoms with Crippen LogP contribution in [0.2, 0.25) is 0 Å². The molecule has 72 valence electrons. The fraction of sp³-hybridized carbons (Fsp3) is 0.833. The van der Waals surface area contributed by atoms with Gasteiger partial charge in [0.15, 0.2) is 0 Å². The van der Waals surface area contributed by atoms with Crippen molar-refractivity contribution in [3.8, 4) is 0 Å². The monoisotopic (exact) mass is 252 g/mol. The number of alkyl halides is 4. The maximum atomic E-state index is 10.8. The summed E-state index contributed by atoms with van der Waals surface area (Å²) in [7, 11) is 0. The third-order valence-electron chi connectivity index (χ3n) is 0.993. The van der Waals surface area contributed by atoms with Gasteiger partial charge in [0, 0.05) is 5.88 Å². The number of ether oxygens (including phenoxy) is 1. The van der Waals surface area contributed by atoms with Gasteiger partial charge in [-0.2, -0.15) is 0 Å². The molecule has 0 aliphatic heterocycles. The van der Waals surface area contributed by atoms with E-state index in [2.05, 4.69) is 4.74 Å². The Morgan fingerprint density at radius 1 is 1.25 bits per heavy atom. The molecule has 0 N–H and O–H groups in total. The van der Waals surface area contributed by atoms with Gasteiger partial charge in [0.2, 0.25) is 0 Å². The van der Waals surface area contributed by atoms with Crippen LogP contribution in [0.25, 0.3) is 0 Å². The van der Waals surface area contributed by atoms with Crippen molar-refractivity contribution in [2.24, 2.45) is 0 Å². The first-order chi connectivity index (χ1) is 5.48. The number of esters is 1. The van der Waals surface area contributed by atoms with Gasteiger partial charge in [-0.05, 0) is 12.8 Å². The van der Waals surface area contributed by atoms with Crippen molar-refractivity contribution in [2.75, 3.05) is 12.5 Å². The van der Waals surface area contributed by atoms with Gasteiger partial charge in [-0.15, -0.1) is 11.6 Å². The van der Waals surface area contributed by atoms with Gasteiger partial charge in [0.25, 0.3) is 3.79 Å². The second kappa shape index (κ2) is 6.14. The number of rotatable bonds is 4. The summed E-state index contributed by atoms with van der Waals surface area (Å²) in [5.41, 5.74) is 0. The summed E-state index contributed by atoms with van der Waals surface area (Å²) >= 11 is 21.1. The Hall–Kier alpha value is 0.630. The Bertz CT molecular complexity index is 143. The maximum Gasteiger partial charge on any atom is 0.358 e. The predicted molar refractivity (Wildman–Crippen MR) is 51.2 cm³/mol. The minimum atomic E-state index is -1.97. The Balaban J connectivity index is 3.45. The van der Waals surface area contributed by atoms with E-state index < -0.39 is 9.76 Å². The molecule has 0 aliphatic carbocycles. The molecule has 0 aromatic heterocycles. The Morgan fingerprint density at radius 2 is 1.83 bits per heavy atom. The molecule has 0 fully saturated rings. The molecule has 0 atom stereocenters. The molecule has 0 amide bonds. The fourth-order valence-corrected chi connectivity index (χ4v) is 0.796. The van der Waals surface area contributed by atoms with Gasteiger partial charge < -0.3 is 4.74 Å². The van der Waals surface area contributed by atoms with Crippen molar-refractivity contribution in [2.45, 2.75) is 16.6 Å². The third-order valence-corrected chi connectivity index (χ3v) is 1.72. The van der Waals surface area contributed by atoms with E-state index in [9.17, 15) is 4.79 Å². The average Bonchev–Trinajstić information content (AvgIpc) is 1.96. The molecule has 0 bridgehead atoms. The van der Waals surface area contributed by atoms with Crippen LogP contribution >= 0.6 is 46.4 Å². The van der Waals surface area contributed by atoms with E-state index in [0.29, 0.717) is 12.3 Å². The molecule has 0 unspecified atom stereocenters. The highest BCUT2D eigenvalue weighted by Crippen LogP contribution is 2.27. The molecule has 0 heterocycles. The predicted octanol–water partition coefficient (Wildman–Crippen LogP) is 2.92. The van der Waals surface area contributed by atoms with Gasteiger partial charge in [0.1, 0.15) is 0 Å². The van der Waals surface area contributed by atoms with Crippen LogP contribution in [0.1, 0.15) is 12.8 Å². The summed E-state index contributed by atoms with van der Waals surface area (Å²) in [6.07, 6.45) is 1.45. The highest BCUT2D eigenvalue weighted by Gasteiger charge is 2.32. The number of halogens is 4. The van der Waals surface area contributed by atoms with Gasteiger partial charge in [-0.3, -0.25) is 0 Å². The van der Waals surface area contributed by atoms with Gasteiger partial charge in [-0.25, -0.2) is 4.79 Å². The van der Waals surface area contributed by atoms with E-state index in [-0.39, 0.29) is 6.61 Å². The maximum absolute atomic E-state index is 10.8. The lowest BCUT2D eigenvalue weighted by atomic mass is 10.4. The average molecular weight is 254 g/mol. The Morgan fingerprint density at radius 3 is 2.25 bits per heavy atom. The first kappa shape index (κ1) is 12.6. The van der Waals surface area contributed by atoms with Crippen molar-refractivity contribution in [1.29, 1.82) is 0 Å². The lowest BCUT2D eigenvalue weighted by Gasteiger charge is -2.09. The number of hydrogen-bond acceptors (Lipinski definition) is 2. The van der Waals surface area contributed by atoms with Gasteiger partial charge in [0.05, 0.1) is 6.61 Å². The van der Waals surface area contributed by atoms with E-state index in [1.165, 1.54) is 0 Å². The minimum absolute atomic E-state index is 0.236. The standard InChI is InChI=1S/C6H8Cl4O2/c7-3-1-2-4-12-5(11)6(8,9)10/h1-4H2. The molecule has 2 nitrogen and oxygen atoms in total. The minimum Gasteiger partial charge on any atom is -0.463 e. The zero-order chi connectivity index (χ0) is 9.61. The van der Waals surface area contributed by atoms with Crippen LogP contribution in [0.3, 0.4) is 0 Å². The summed E-state index contributed by atoms with van der Waals surface area (Å²) in [5.74, 6) is -0.312. The zero-order valence-electron chi connectivity index (χ0n) is 6.16. The number of carbonyl (C=O) groups is 1. The van der Waals surface area contributed by atoms with Crippen LogP contribution in [-0.4, -0.2) is 22.2 Å². The number of hydrogen-bond donors (Lipinski definition) is 0. The summed E-state index contributed by atoms with van der Waals surface area (Å²) in [4.78, 5) is 10.8. The van der Waals surface area contributed by atoms with Crippen LogP contribution in [-0.2, 0) is 9.53 Å². The van der Waals surface area contributed by atoms with E-state index in [0.717, 1.165) is 6.42 Å². The number of carbonyl (C=O) groups excluding carboxylic acids is 1. The van der Waals surface area contributed by atoms with E-state index in [1.54, 1.807) is 0 Å². The molecular formula is C6H8Cl4O2. The second-order valence-electron chi connectivity index (χ2n) is 2.03. The largest absolute Gasteiger partial charge is 0.463 e. The smallest absolute Gasteiger partial charge is 0.358 e. The molecule has 0 aliphatic rings. The van der Waals surface area contributed by atoms with E-state index >= 15 is 0 Å². The van der Waals surface area contributed by atoms with Crippen molar-refractivity contribution in [3.05, 3.63) is 0 Å². The third kappa shape index (κ3) is 6.18. The summed E-state index contributed by atoms with van der Waals surface area (Å²) in [6, 6.07) is 0. The first-order valence-electron chi connectivity index (χ1n) is 3.28. The number of unbranched alkanes of at least 4 members (excludes halogenated alkanes) is 1. The van der Waals surface area contributed by atoms with Gasteiger partial charge in [-0.1, -0.05) is 34.8 Å². The van der Waals surface area contributed by atoms with Crippen LogP contribution in [0.15, 0.2) is 0 Å². The molecule has 0 saturated heterocycles. The summed E-state index contributed by atoms with van der Waals surface area (Å²) in [6.45, 7) is 0.236. The lowest BCUT2D eigenvalue weighted by molar-refractivity contribution is -0.142. The Labute approximate surface area is 91.1 Å². The fourth-order valence-electron chi connectivity index (χ4n) is 0.443. The van der Waals surface area contributed by atoms with Crippen LogP contribution in [0.4, 0.5) is 0 Å². The van der Waals surface area contributed by atoms with E-state index in [1.807, 2.05) is 0 Å². The molecule has 0 rings (SSSR count). The summed E-state index contributed by atoms with van der Waals surface area (Å²) in [5, 5.41) is 0. The van der Waals surface area contributed by atoms with Crippen molar-refractivity contribution in [1.82, 2.24) is 0 Å². The highest BCUT2D eigenvalue weighted by atomic mass is 35.6. The Kier molecular flexibility index (Phi) is 6.46. The highest BCUT2D eigenvalue weighted by molar-refractivity contribution is 6.75. The molecule has 0 radical (unpaired) electrons. The van der Waals surface area contributed by atoms with Crippen LogP contribution < -0.4 is 0 Å². The zero-order valence-corrected chi connectivity index (χ0v) is 9.18. The topological polar surface area (TPSA) is 26.3 Å². The normalized spacial score (nSPS) is 11.3.